The van der Waals surface area contributed by atoms with Crippen LogP contribution in [0.4, 0.5) is 0 Å². The molecule has 19 heavy (non-hydrogen) atoms. The molecular formula is C16H34O2Si. The maximum atomic E-state index is 9.91. The molecule has 2 atom stereocenters. The second kappa shape index (κ2) is 7.05. The predicted octanol–water partition coefficient (Wildman–Crippen LogP) is 4.61. The summed E-state index contributed by atoms with van der Waals surface area (Å²) in [6, 6.07) is 0. The topological polar surface area (TPSA) is 29.5 Å². The molecule has 0 aliphatic rings. The van der Waals surface area contributed by atoms with Gasteiger partial charge < -0.3 is 9.53 Å². The van der Waals surface area contributed by atoms with E-state index < -0.39 is 8.32 Å². The standard InChI is InChI=1S/C16H34O2Si/c1-12(2)15(17)10-13(3)14(4)11-18-19(8,9)16(5,6)7/h12,14-15,17H,3,10-11H2,1-2,4-9H3/t14-,15+/m1/s1. The van der Waals surface area contributed by atoms with Gasteiger partial charge in [0, 0.05) is 6.61 Å². The fraction of sp³-hybridized carbons (Fsp3) is 0.875. The molecule has 0 aliphatic heterocycles. The molecule has 3 heteroatoms. The largest absolute Gasteiger partial charge is 0.416 e. The van der Waals surface area contributed by atoms with Gasteiger partial charge in [0.15, 0.2) is 8.32 Å². The van der Waals surface area contributed by atoms with Crippen molar-refractivity contribution < 1.29 is 9.53 Å². The second-order valence-electron chi connectivity index (χ2n) is 7.65. The van der Waals surface area contributed by atoms with Crippen molar-refractivity contribution in [1.82, 2.24) is 0 Å². The minimum Gasteiger partial charge on any atom is -0.416 e. The quantitative estimate of drug-likeness (QED) is 0.547. The summed E-state index contributed by atoms with van der Waals surface area (Å²) in [7, 11) is -1.68. The van der Waals surface area contributed by atoms with Crippen LogP contribution in [0.25, 0.3) is 0 Å². The number of aliphatic hydroxyl groups excluding tert-OH is 1. The van der Waals surface area contributed by atoms with Gasteiger partial charge in [-0.25, -0.2) is 0 Å². The van der Waals surface area contributed by atoms with Crippen LogP contribution in [0.15, 0.2) is 12.2 Å². The monoisotopic (exact) mass is 286 g/mol. The van der Waals surface area contributed by atoms with E-state index in [-0.39, 0.29) is 17.1 Å². The van der Waals surface area contributed by atoms with Crippen LogP contribution >= 0.6 is 0 Å². The van der Waals surface area contributed by atoms with E-state index in [1.807, 2.05) is 13.8 Å². The zero-order valence-corrected chi connectivity index (χ0v) is 15.2. The third-order valence-electron chi connectivity index (χ3n) is 4.44. The minimum atomic E-state index is -1.68. The molecule has 0 aromatic carbocycles. The highest BCUT2D eigenvalue weighted by atomic mass is 28.4. The molecule has 2 nitrogen and oxygen atoms in total. The lowest BCUT2D eigenvalue weighted by Crippen LogP contribution is -2.42. The second-order valence-corrected chi connectivity index (χ2v) is 12.5. The van der Waals surface area contributed by atoms with Crippen LogP contribution < -0.4 is 0 Å². The highest BCUT2D eigenvalue weighted by Crippen LogP contribution is 2.37. The number of hydrogen-bond donors (Lipinski definition) is 1. The molecule has 1 N–H and O–H groups in total. The van der Waals surface area contributed by atoms with Crippen LogP contribution in [-0.2, 0) is 4.43 Å². The Morgan fingerprint density at radius 2 is 1.68 bits per heavy atom. The maximum absolute atomic E-state index is 9.91. The summed E-state index contributed by atoms with van der Waals surface area (Å²) in [5.74, 6) is 0.591. The molecule has 0 aromatic rings. The predicted molar refractivity (Wildman–Crippen MR) is 86.9 cm³/mol. The lowest BCUT2D eigenvalue weighted by atomic mass is 9.93. The van der Waals surface area contributed by atoms with Gasteiger partial charge >= 0.3 is 0 Å². The molecule has 0 amide bonds. The molecule has 0 rings (SSSR count). The molecule has 0 aliphatic carbocycles. The van der Waals surface area contributed by atoms with Gasteiger partial charge in [0.2, 0.25) is 0 Å². The van der Waals surface area contributed by atoms with E-state index in [1.54, 1.807) is 0 Å². The Morgan fingerprint density at radius 3 is 2.05 bits per heavy atom. The molecule has 0 heterocycles. The van der Waals surface area contributed by atoms with E-state index in [1.165, 1.54) is 0 Å². The normalized spacial score (nSPS) is 16.5. The number of rotatable bonds is 7. The average Bonchev–Trinajstić information content (AvgIpc) is 2.23. The Labute approximate surface area is 121 Å². The van der Waals surface area contributed by atoms with E-state index in [9.17, 15) is 5.11 Å². The van der Waals surface area contributed by atoms with Gasteiger partial charge in [0.25, 0.3) is 0 Å². The van der Waals surface area contributed by atoms with E-state index in [4.69, 9.17) is 4.43 Å². The number of aliphatic hydroxyl groups is 1. The average molecular weight is 287 g/mol. The molecule has 114 valence electrons. The molecule has 0 radical (unpaired) electrons. The van der Waals surface area contributed by atoms with Gasteiger partial charge in [-0.2, -0.15) is 0 Å². The smallest absolute Gasteiger partial charge is 0.192 e. The molecule has 0 unspecified atom stereocenters. The van der Waals surface area contributed by atoms with Crippen molar-refractivity contribution in [2.75, 3.05) is 6.61 Å². The zero-order valence-electron chi connectivity index (χ0n) is 14.2. The SMILES string of the molecule is C=C(C[C@H](O)C(C)C)[C@H](C)CO[Si](C)(C)C(C)(C)C. The van der Waals surface area contributed by atoms with Gasteiger partial charge in [-0.15, -0.1) is 0 Å². The lowest BCUT2D eigenvalue weighted by molar-refractivity contribution is 0.121. The van der Waals surface area contributed by atoms with E-state index in [0.717, 1.165) is 12.2 Å². The molecule has 0 saturated heterocycles. The van der Waals surface area contributed by atoms with Crippen molar-refractivity contribution >= 4 is 8.32 Å². The van der Waals surface area contributed by atoms with Crippen molar-refractivity contribution in [3.63, 3.8) is 0 Å². The number of hydrogen-bond acceptors (Lipinski definition) is 2. The summed E-state index contributed by atoms with van der Waals surface area (Å²) in [4.78, 5) is 0. The van der Waals surface area contributed by atoms with Crippen LogP contribution in [0.2, 0.25) is 18.1 Å². The van der Waals surface area contributed by atoms with Gasteiger partial charge in [0.05, 0.1) is 6.10 Å². The van der Waals surface area contributed by atoms with E-state index in [2.05, 4.69) is 47.4 Å². The molecule has 0 fully saturated rings. The van der Waals surface area contributed by atoms with Crippen LogP contribution in [0, 0.1) is 11.8 Å². The van der Waals surface area contributed by atoms with Crippen molar-refractivity contribution in [3.8, 4) is 0 Å². The fourth-order valence-electron chi connectivity index (χ4n) is 1.37. The Morgan fingerprint density at radius 1 is 1.21 bits per heavy atom. The van der Waals surface area contributed by atoms with Crippen LogP contribution in [0.5, 0.6) is 0 Å². The van der Waals surface area contributed by atoms with E-state index in [0.29, 0.717) is 12.3 Å². The van der Waals surface area contributed by atoms with Crippen LogP contribution in [-0.4, -0.2) is 26.1 Å². The molecule has 0 spiro atoms. The Kier molecular flexibility index (Phi) is 7.00. The summed E-state index contributed by atoms with van der Waals surface area (Å²) in [6.45, 7) is 22.3. The summed E-state index contributed by atoms with van der Waals surface area (Å²) in [6.07, 6.45) is 0.391. The summed E-state index contributed by atoms with van der Waals surface area (Å²) in [5.41, 5.74) is 1.10. The maximum Gasteiger partial charge on any atom is 0.192 e. The summed E-state index contributed by atoms with van der Waals surface area (Å²) < 4.78 is 6.22. The molecule has 0 bridgehead atoms. The third kappa shape index (κ3) is 6.24. The summed E-state index contributed by atoms with van der Waals surface area (Å²) >= 11 is 0. The first-order valence-electron chi connectivity index (χ1n) is 7.38. The Balaban J connectivity index is 4.32. The van der Waals surface area contributed by atoms with Crippen molar-refractivity contribution in [2.45, 2.75) is 72.2 Å². The van der Waals surface area contributed by atoms with Gasteiger partial charge in [-0.05, 0) is 36.4 Å². The highest BCUT2D eigenvalue weighted by molar-refractivity contribution is 6.74. The Hall–Kier alpha value is -0.123. The first-order valence-corrected chi connectivity index (χ1v) is 10.3. The first kappa shape index (κ1) is 18.9. The molecule has 0 saturated carbocycles. The van der Waals surface area contributed by atoms with Crippen molar-refractivity contribution in [3.05, 3.63) is 12.2 Å². The fourth-order valence-corrected chi connectivity index (χ4v) is 2.47. The van der Waals surface area contributed by atoms with Crippen molar-refractivity contribution in [1.29, 1.82) is 0 Å². The molecule has 0 aromatic heterocycles. The first-order chi connectivity index (χ1) is 8.38. The minimum absolute atomic E-state index is 0.242. The third-order valence-corrected chi connectivity index (χ3v) is 8.94. The Bertz CT molecular complexity index is 290. The highest BCUT2D eigenvalue weighted by Gasteiger charge is 2.37. The van der Waals surface area contributed by atoms with Crippen LogP contribution in [0.3, 0.4) is 0 Å². The van der Waals surface area contributed by atoms with Crippen LogP contribution in [0.1, 0.15) is 48.0 Å². The van der Waals surface area contributed by atoms with Gasteiger partial charge in [-0.3, -0.25) is 0 Å². The molecular weight excluding hydrogens is 252 g/mol. The lowest BCUT2D eigenvalue weighted by Gasteiger charge is -2.37. The zero-order chi connectivity index (χ0) is 15.4. The van der Waals surface area contributed by atoms with E-state index >= 15 is 0 Å². The van der Waals surface area contributed by atoms with Gasteiger partial charge in [-0.1, -0.05) is 53.7 Å². The summed E-state index contributed by atoms with van der Waals surface area (Å²) in [5, 5.41) is 10.2. The van der Waals surface area contributed by atoms with Gasteiger partial charge in [0.1, 0.15) is 0 Å². The van der Waals surface area contributed by atoms with Crippen molar-refractivity contribution in [2.24, 2.45) is 11.8 Å².